The van der Waals surface area contributed by atoms with Crippen molar-refractivity contribution in [2.24, 2.45) is 0 Å². The van der Waals surface area contributed by atoms with Gasteiger partial charge in [-0.1, -0.05) is 78.4 Å². The summed E-state index contributed by atoms with van der Waals surface area (Å²) >= 11 is 0. The number of benzene rings is 4. The van der Waals surface area contributed by atoms with E-state index in [1.54, 1.807) is 18.2 Å². The van der Waals surface area contributed by atoms with E-state index in [0.717, 1.165) is 21.0 Å². The Labute approximate surface area is 250 Å². The van der Waals surface area contributed by atoms with Gasteiger partial charge in [0.15, 0.2) is 0 Å². The summed E-state index contributed by atoms with van der Waals surface area (Å²) in [5.41, 5.74) is 2.44. The lowest BCUT2D eigenvalue weighted by Crippen LogP contribution is -2.53. The van der Waals surface area contributed by atoms with Crippen molar-refractivity contribution in [3.8, 4) is 0 Å². The van der Waals surface area contributed by atoms with Crippen LogP contribution in [-0.4, -0.2) is 49.7 Å². The molecule has 4 aromatic carbocycles. The van der Waals surface area contributed by atoms with E-state index < -0.39 is 39.3 Å². The molecule has 43 heavy (non-hydrogen) atoms. The highest BCUT2D eigenvalue weighted by Gasteiger charge is 2.34. The average Bonchev–Trinajstić information content (AvgIpc) is 3.02. The molecule has 4 rings (SSSR count). The normalized spacial score (nSPS) is 11.8. The molecule has 222 valence electrons. The summed E-state index contributed by atoms with van der Waals surface area (Å²) in [7, 11) is -2.81. The number of carbonyl (C=O) groups is 2. The molecule has 11 heteroatoms. The van der Waals surface area contributed by atoms with Crippen LogP contribution >= 0.6 is 0 Å². The lowest BCUT2D eigenvalue weighted by atomic mass is 10.0. The Morgan fingerprint density at radius 3 is 1.98 bits per heavy atom. The molecule has 1 N–H and O–H groups in total. The molecule has 0 fully saturated rings. The number of hydrogen-bond donors (Lipinski definition) is 1. The predicted molar refractivity (Wildman–Crippen MR) is 164 cm³/mol. The van der Waals surface area contributed by atoms with Crippen LogP contribution in [0.25, 0.3) is 0 Å². The number of sulfonamides is 1. The van der Waals surface area contributed by atoms with E-state index in [0.29, 0.717) is 0 Å². The molecule has 0 radical (unpaired) electrons. The van der Waals surface area contributed by atoms with Crippen LogP contribution in [0.4, 0.5) is 11.4 Å². The van der Waals surface area contributed by atoms with E-state index in [1.165, 1.54) is 48.3 Å². The Balaban J connectivity index is 1.78. The molecule has 0 saturated heterocycles. The molecule has 0 unspecified atom stereocenters. The second kappa shape index (κ2) is 13.8. The maximum absolute atomic E-state index is 14.2. The first kappa shape index (κ1) is 30.9. The van der Waals surface area contributed by atoms with Crippen molar-refractivity contribution in [3.63, 3.8) is 0 Å². The van der Waals surface area contributed by atoms with Crippen LogP contribution in [0.3, 0.4) is 0 Å². The molecule has 0 spiro atoms. The molecule has 0 aliphatic heterocycles. The highest BCUT2D eigenvalue weighted by Crippen LogP contribution is 2.27. The van der Waals surface area contributed by atoms with Crippen LogP contribution in [0.1, 0.15) is 16.7 Å². The van der Waals surface area contributed by atoms with E-state index in [1.807, 2.05) is 61.5 Å². The first-order chi connectivity index (χ1) is 20.6. The largest absolute Gasteiger partial charge is 0.357 e. The minimum atomic E-state index is -4.29. The zero-order chi connectivity index (χ0) is 31.0. The van der Waals surface area contributed by atoms with Crippen LogP contribution in [0.2, 0.25) is 0 Å². The molecule has 0 aliphatic rings. The molecule has 0 aliphatic carbocycles. The first-order valence-electron chi connectivity index (χ1n) is 13.5. The molecular formula is C32H32N4O6S. The number of nitro groups is 1. The van der Waals surface area contributed by atoms with Gasteiger partial charge >= 0.3 is 0 Å². The number of likely N-dealkylation sites (N-methyl/N-ethyl adjacent to an activating group) is 1. The lowest BCUT2D eigenvalue weighted by Gasteiger charge is -2.33. The van der Waals surface area contributed by atoms with Gasteiger partial charge in [0.25, 0.3) is 15.7 Å². The average molecular weight is 601 g/mol. The highest BCUT2D eigenvalue weighted by atomic mass is 32.2. The van der Waals surface area contributed by atoms with Gasteiger partial charge in [-0.2, -0.15) is 0 Å². The topological polar surface area (TPSA) is 130 Å². The molecule has 0 heterocycles. The minimum absolute atomic E-state index is 0.0452. The van der Waals surface area contributed by atoms with Gasteiger partial charge in [-0.3, -0.25) is 24.0 Å². The summed E-state index contributed by atoms with van der Waals surface area (Å²) in [4.78, 5) is 39.5. The fourth-order valence-corrected chi connectivity index (χ4v) is 6.04. The number of rotatable bonds is 12. The molecular weight excluding hydrogens is 568 g/mol. The molecule has 0 bridgehead atoms. The Morgan fingerprint density at radius 2 is 1.42 bits per heavy atom. The van der Waals surface area contributed by atoms with E-state index in [2.05, 4.69) is 5.32 Å². The fraction of sp³-hybridized carbons (Fsp3) is 0.188. The number of non-ortho nitro benzene ring substituents is 1. The van der Waals surface area contributed by atoms with Crippen LogP contribution in [-0.2, 0) is 32.6 Å². The standard InChI is InChI=1S/C32H32N4O6S/c1-24-13-15-26(16-14-24)22-34(30(32(38)33-2)21-25-9-5-3-6-10-25)31(37)23-35(27-17-19-28(20-18-27)36(39)40)43(41,42)29-11-7-4-8-12-29/h3-20,30H,21-23H2,1-2H3,(H,33,38)/t30-/m1/s1. The second-order valence-corrected chi connectivity index (χ2v) is 11.8. The van der Waals surface area contributed by atoms with Crippen molar-refractivity contribution in [2.75, 3.05) is 17.9 Å². The number of aryl methyl sites for hydroxylation is 1. The summed E-state index contributed by atoms with van der Waals surface area (Å²) in [5, 5.41) is 13.9. The number of nitrogens with zero attached hydrogens (tertiary/aromatic N) is 3. The van der Waals surface area contributed by atoms with Gasteiger partial charge in [-0.15, -0.1) is 0 Å². The van der Waals surface area contributed by atoms with Crippen molar-refractivity contribution in [1.82, 2.24) is 10.2 Å². The zero-order valence-electron chi connectivity index (χ0n) is 23.8. The van der Waals surface area contributed by atoms with E-state index in [-0.39, 0.29) is 29.2 Å². The summed E-state index contributed by atoms with van der Waals surface area (Å²) in [6.07, 6.45) is 0.196. The van der Waals surface area contributed by atoms with Crippen LogP contribution in [0.15, 0.2) is 114 Å². The Morgan fingerprint density at radius 1 is 0.837 bits per heavy atom. The summed E-state index contributed by atoms with van der Waals surface area (Å²) < 4.78 is 28.7. The Bertz CT molecular complexity index is 1660. The number of amides is 2. The van der Waals surface area contributed by atoms with Gasteiger partial charge in [0, 0.05) is 32.1 Å². The highest BCUT2D eigenvalue weighted by molar-refractivity contribution is 7.92. The number of carbonyl (C=O) groups excluding carboxylic acids is 2. The monoisotopic (exact) mass is 600 g/mol. The number of anilines is 1. The minimum Gasteiger partial charge on any atom is -0.357 e. The van der Waals surface area contributed by atoms with E-state index in [4.69, 9.17) is 0 Å². The van der Waals surface area contributed by atoms with Crippen LogP contribution in [0, 0.1) is 17.0 Å². The Kier molecular flexibility index (Phi) is 9.89. The quantitative estimate of drug-likeness (QED) is 0.189. The van der Waals surface area contributed by atoms with E-state index >= 15 is 0 Å². The van der Waals surface area contributed by atoms with Crippen molar-refractivity contribution in [1.29, 1.82) is 0 Å². The SMILES string of the molecule is CNC(=O)[C@@H](Cc1ccccc1)N(Cc1ccc(C)cc1)C(=O)CN(c1ccc([N+](=O)[O-])cc1)S(=O)(=O)c1ccccc1. The van der Waals surface area contributed by atoms with Crippen molar-refractivity contribution in [2.45, 2.75) is 30.8 Å². The number of hydrogen-bond acceptors (Lipinski definition) is 6. The van der Waals surface area contributed by atoms with Crippen molar-refractivity contribution in [3.05, 3.63) is 136 Å². The third-order valence-electron chi connectivity index (χ3n) is 6.95. The van der Waals surface area contributed by atoms with Gasteiger partial charge < -0.3 is 10.2 Å². The molecule has 4 aromatic rings. The van der Waals surface area contributed by atoms with Gasteiger partial charge in [-0.05, 0) is 42.3 Å². The third kappa shape index (κ3) is 7.63. The van der Waals surface area contributed by atoms with Gasteiger partial charge in [-0.25, -0.2) is 8.42 Å². The third-order valence-corrected chi connectivity index (χ3v) is 8.74. The smallest absolute Gasteiger partial charge is 0.269 e. The molecule has 10 nitrogen and oxygen atoms in total. The fourth-order valence-electron chi connectivity index (χ4n) is 4.60. The first-order valence-corrected chi connectivity index (χ1v) is 15.0. The molecule has 2 amide bonds. The molecule has 0 saturated carbocycles. The van der Waals surface area contributed by atoms with Gasteiger partial charge in [0.05, 0.1) is 15.5 Å². The maximum atomic E-state index is 14.2. The van der Waals surface area contributed by atoms with Gasteiger partial charge in [0.1, 0.15) is 12.6 Å². The number of nitrogens with one attached hydrogen (secondary N) is 1. The summed E-state index contributed by atoms with van der Waals surface area (Å²) in [5.74, 6) is -1.03. The summed E-state index contributed by atoms with van der Waals surface area (Å²) in [6.45, 7) is 1.33. The molecule has 1 atom stereocenters. The van der Waals surface area contributed by atoms with Crippen molar-refractivity contribution >= 4 is 33.2 Å². The summed E-state index contributed by atoms with van der Waals surface area (Å²) in [6, 6.07) is 28.3. The predicted octanol–water partition coefficient (Wildman–Crippen LogP) is 4.48. The van der Waals surface area contributed by atoms with Crippen LogP contribution < -0.4 is 9.62 Å². The van der Waals surface area contributed by atoms with Gasteiger partial charge in [0.2, 0.25) is 11.8 Å². The second-order valence-electron chi connectivity index (χ2n) is 9.93. The van der Waals surface area contributed by atoms with Crippen molar-refractivity contribution < 1.29 is 22.9 Å². The number of nitro benzene ring substituents is 1. The van der Waals surface area contributed by atoms with E-state index in [9.17, 15) is 28.1 Å². The van der Waals surface area contributed by atoms with Crippen LogP contribution in [0.5, 0.6) is 0 Å². The lowest BCUT2D eigenvalue weighted by molar-refractivity contribution is -0.384. The maximum Gasteiger partial charge on any atom is 0.269 e. The zero-order valence-corrected chi connectivity index (χ0v) is 24.6. The molecule has 0 aromatic heterocycles. The Hall–Kier alpha value is -5.03.